The van der Waals surface area contributed by atoms with E-state index in [1.807, 2.05) is 35.1 Å². The van der Waals surface area contributed by atoms with Crippen molar-refractivity contribution in [3.63, 3.8) is 0 Å². The van der Waals surface area contributed by atoms with E-state index in [2.05, 4.69) is 47.8 Å². The van der Waals surface area contributed by atoms with Crippen LogP contribution in [0, 0.1) is 5.92 Å². The normalized spacial score (nSPS) is 29.1. The molecule has 5 rings (SSSR count). The Morgan fingerprint density at radius 3 is 2.31 bits per heavy atom. The summed E-state index contributed by atoms with van der Waals surface area (Å²) in [6, 6.07) is 15.8. The third-order valence-corrected chi connectivity index (χ3v) is 14.3. The van der Waals surface area contributed by atoms with E-state index >= 15 is 0 Å². The first-order valence-corrected chi connectivity index (χ1v) is 19.6. The fourth-order valence-electron chi connectivity index (χ4n) is 7.21. The van der Waals surface area contributed by atoms with E-state index in [0.717, 1.165) is 36.3 Å². The lowest BCUT2D eigenvalue weighted by atomic mass is 9.95. The monoisotopic (exact) mass is 684 g/mol. The van der Waals surface area contributed by atoms with E-state index in [0.29, 0.717) is 30.1 Å². The molecule has 0 saturated carbocycles. The van der Waals surface area contributed by atoms with E-state index < -0.39 is 44.7 Å². The highest BCUT2D eigenvalue weighted by Gasteiger charge is 2.50. The summed E-state index contributed by atoms with van der Waals surface area (Å²) in [6.07, 6.45) is -3.64. The largest absolute Gasteiger partial charge is 0.497 e. The van der Waals surface area contributed by atoms with E-state index in [-0.39, 0.29) is 18.8 Å². The molecule has 13 nitrogen and oxygen atoms in total. The number of rotatable bonds is 13. The van der Waals surface area contributed by atoms with Gasteiger partial charge >= 0.3 is 0 Å². The van der Waals surface area contributed by atoms with Crippen molar-refractivity contribution in [2.45, 2.75) is 101 Å². The standard InChI is InChI=1S/C34H48N4O9Si/c1-20-26(14-7-21-5-8-22(9-6-21)35-33(43)31-29(41)28(40)30(42)34(44)47-31)46-27(15-17-38-19-23(16-18-39)36-37-38)32(20)48(3,4)25-12-10-24(45-2)11-13-25/h5-6,8-13,19-20,26-32,34,39-42,44H,7,14-18H2,1-4H3,(H,35,43)/t20-,26+,27-,28-,29-,30+,31-,32+,34+/m0/s1. The summed E-state index contributed by atoms with van der Waals surface area (Å²) in [5.74, 6) is 0.398. The molecule has 9 atom stereocenters. The number of amides is 1. The van der Waals surface area contributed by atoms with Gasteiger partial charge in [-0.2, -0.15) is 0 Å². The number of hydrogen-bond acceptors (Lipinski definition) is 11. The summed E-state index contributed by atoms with van der Waals surface area (Å²) in [6.45, 7) is 7.83. The summed E-state index contributed by atoms with van der Waals surface area (Å²) in [4.78, 5) is 12.7. The molecular formula is C34H48N4O9Si. The second-order valence-corrected chi connectivity index (χ2v) is 18.1. The molecule has 6 N–H and O–H groups in total. The summed E-state index contributed by atoms with van der Waals surface area (Å²) in [5.41, 5.74) is 2.65. The number of aromatic nitrogens is 3. The zero-order valence-electron chi connectivity index (χ0n) is 27.8. The van der Waals surface area contributed by atoms with E-state index in [4.69, 9.17) is 14.2 Å². The molecule has 0 aliphatic carbocycles. The van der Waals surface area contributed by atoms with Gasteiger partial charge in [0, 0.05) is 31.5 Å². The lowest BCUT2D eigenvalue weighted by Gasteiger charge is -2.37. The highest BCUT2D eigenvalue weighted by Crippen LogP contribution is 2.46. The summed E-state index contributed by atoms with van der Waals surface area (Å²) in [5, 5.41) is 61.2. The SMILES string of the molecule is COc1ccc([Si](C)(C)[C@@H]2[C@@H](C)[C@@H](CCc3ccc(NC(=O)[C@H]4O[C@@H](O)[C@H](O)[C@@H](O)[C@@H]4O)cc3)O[C@H]2CCn2cc(CCO)nn2)cc1. The van der Waals surface area contributed by atoms with E-state index in [1.165, 1.54) is 5.19 Å². The summed E-state index contributed by atoms with van der Waals surface area (Å²) in [7, 11) is -0.357. The molecule has 2 aromatic carbocycles. The zero-order valence-corrected chi connectivity index (χ0v) is 28.8. The van der Waals surface area contributed by atoms with Crippen LogP contribution in [0.2, 0.25) is 18.6 Å². The van der Waals surface area contributed by atoms with Gasteiger partial charge in [-0.05, 0) is 60.6 Å². The second kappa shape index (κ2) is 15.6. The van der Waals surface area contributed by atoms with Crippen LogP contribution in [-0.4, -0.2) is 111 Å². The fourth-order valence-corrected chi connectivity index (χ4v) is 11.3. The van der Waals surface area contributed by atoms with Gasteiger partial charge in [-0.3, -0.25) is 9.48 Å². The van der Waals surface area contributed by atoms with Crippen molar-refractivity contribution in [2.24, 2.45) is 5.92 Å². The molecule has 0 bridgehead atoms. The van der Waals surface area contributed by atoms with Crippen LogP contribution in [-0.2, 0) is 33.7 Å². The molecule has 1 amide bonds. The van der Waals surface area contributed by atoms with Gasteiger partial charge in [-0.25, -0.2) is 0 Å². The van der Waals surface area contributed by atoms with Crippen molar-refractivity contribution >= 4 is 24.9 Å². The van der Waals surface area contributed by atoms with Crippen LogP contribution in [0.5, 0.6) is 5.75 Å². The zero-order chi connectivity index (χ0) is 34.6. The quantitative estimate of drug-likeness (QED) is 0.141. The molecule has 1 aromatic heterocycles. The van der Waals surface area contributed by atoms with Gasteiger partial charge in [-0.15, -0.1) is 5.10 Å². The van der Waals surface area contributed by atoms with Crippen molar-refractivity contribution in [1.82, 2.24) is 15.0 Å². The number of ether oxygens (including phenoxy) is 3. The highest BCUT2D eigenvalue weighted by atomic mass is 28.3. The predicted molar refractivity (Wildman–Crippen MR) is 179 cm³/mol. The van der Waals surface area contributed by atoms with Crippen LogP contribution in [0.1, 0.15) is 31.0 Å². The Labute approximate surface area is 281 Å². The average Bonchev–Trinajstić information content (AvgIpc) is 3.67. The number of anilines is 1. The first kappa shape index (κ1) is 36.1. The van der Waals surface area contributed by atoms with E-state index in [9.17, 15) is 30.3 Å². The van der Waals surface area contributed by atoms with E-state index in [1.54, 1.807) is 19.2 Å². The molecule has 262 valence electrons. The number of nitrogens with zero attached hydrogens (tertiary/aromatic N) is 3. The molecular weight excluding hydrogens is 636 g/mol. The van der Waals surface area contributed by atoms with Crippen LogP contribution in [0.3, 0.4) is 0 Å². The molecule has 2 fully saturated rings. The van der Waals surface area contributed by atoms with Crippen LogP contribution >= 0.6 is 0 Å². The maximum Gasteiger partial charge on any atom is 0.256 e. The number of aliphatic hydroxyl groups is 5. The van der Waals surface area contributed by atoms with Crippen LogP contribution in [0.4, 0.5) is 5.69 Å². The maximum absolute atomic E-state index is 12.7. The number of aryl methyl sites for hydroxylation is 2. The molecule has 2 aliphatic heterocycles. The minimum atomic E-state index is -2.03. The molecule has 2 aliphatic rings. The average molecular weight is 685 g/mol. The maximum atomic E-state index is 12.7. The molecule has 0 unspecified atom stereocenters. The lowest BCUT2D eigenvalue weighted by molar-refractivity contribution is -0.274. The van der Waals surface area contributed by atoms with Crippen molar-refractivity contribution in [3.05, 3.63) is 66.0 Å². The second-order valence-electron chi connectivity index (χ2n) is 13.4. The van der Waals surface area contributed by atoms with Gasteiger partial charge in [0.15, 0.2) is 12.4 Å². The Balaban J connectivity index is 1.24. The van der Waals surface area contributed by atoms with Gasteiger partial charge in [0.25, 0.3) is 5.91 Å². The Bertz CT molecular complexity index is 1490. The Morgan fingerprint density at radius 1 is 0.938 bits per heavy atom. The summed E-state index contributed by atoms with van der Waals surface area (Å²) >= 11 is 0. The summed E-state index contributed by atoms with van der Waals surface area (Å²) < 4.78 is 19.1. The molecule has 48 heavy (non-hydrogen) atoms. The number of aliphatic hydroxyl groups excluding tert-OH is 5. The van der Waals surface area contributed by atoms with Crippen molar-refractivity contribution in [1.29, 1.82) is 0 Å². The minimum Gasteiger partial charge on any atom is -0.497 e. The molecule has 2 saturated heterocycles. The van der Waals surface area contributed by atoms with Crippen LogP contribution in [0.25, 0.3) is 0 Å². The lowest BCUT2D eigenvalue weighted by Crippen LogP contribution is -2.60. The van der Waals surface area contributed by atoms with Gasteiger partial charge in [-0.1, -0.05) is 54.7 Å². The third-order valence-electron chi connectivity index (χ3n) is 9.95. The Morgan fingerprint density at radius 2 is 1.65 bits per heavy atom. The molecule has 3 heterocycles. The van der Waals surface area contributed by atoms with Crippen LogP contribution < -0.4 is 15.2 Å². The molecule has 14 heteroatoms. The van der Waals surface area contributed by atoms with Crippen molar-refractivity contribution in [3.8, 4) is 5.75 Å². The predicted octanol–water partition coefficient (Wildman–Crippen LogP) is 0.972. The third kappa shape index (κ3) is 7.98. The highest BCUT2D eigenvalue weighted by molar-refractivity contribution is 6.91. The minimum absolute atomic E-state index is 0.0338. The number of methoxy groups -OCH3 is 1. The smallest absolute Gasteiger partial charge is 0.256 e. The first-order valence-electron chi connectivity index (χ1n) is 16.5. The Kier molecular flexibility index (Phi) is 11.7. The number of benzene rings is 2. The van der Waals surface area contributed by atoms with Gasteiger partial charge in [0.1, 0.15) is 24.1 Å². The fraction of sp³-hybridized carbons (Fsp3) is 0.559. The van der Waals surface area contributed by atoms with Gasteiger partial charge < -0.3 is 45.1 Å². The number of carbonyl (C=O) groups excluding carboxylic acids is 1. The number of nitrogens with one attached hydrogen (secondary N) is 1. The molecule has 0 radical (unpaired) electrons. The number of hydrogen-bond donors (Lipinski definition) is 6. The first-order chi connectivity index (χ1) is 22.9. The van der Waals surface area contributed by atoms with Crippen molar-refractivity contribution < 1.29 is 44.5 Å². The number of carbonyl (C=O) groups is 1. The Hall–Kier alpha value is -3.21. The van der Waals surface area contributed by atoms with Crippen LogP contribution in [0.15, 0.2) is 54.7 Å². The van der Waals surface area contributed by atoms with Gasteiger partial charge in [0.05, 0.1) is 33.1 Å². The molecule has 3 aromatic rings. The topological polar surface area (TPSA) is 189 Å². The van der Waals surface area contributed by atoms with Gasteiger partial charge in [0.2, 0.25) is 0 Å². The van der Waals surface area contributed by atoms with Crippen molar-refractivity contribution in [2.75, 3.05) is 19.0 Å². The molecule has 0 spiro atoms.